The van der Waals surface area contributed by atoms with Crippen LogP contribution in [-0.2, 0) is 6.18 Å². The van der Waals surface area contributed by atoms with Crippen LogP contribution in [0.25, 0.3) is 0 Å². The van der Waals surface area contributed by atoms with Crippen LogP contribution in [0, 0.1) is 12.3 Å². The molecule has 0 bridgehead atoms. The number of ether oxygens (including phenoxy) is 2. The molecule has 0 atom stereocenters. The summed E-state index contributed by atoms with van der Waals surface area (Å²) in [7, 11) is 1.45. The number of nitrogens with one attached hydrogen (secondary N) is 1. The molecular weight excluding hydrogens is 361 g/mol. The highest BCUT2D eigenvalue weighted by atomic mass is 19.4. The van der Waals surface area contributed by atoms with E-state index in [2.05, 4.69) is 16.4 Å². The lowest BCUT2D eigenvalue weighted by Crippen LogP contribution is -2.18. The van der Waals surface area contributed by atoms with Gasteiger partial charge in [0.15, 0.2) is 11.5 Å². The molecule has 0 saturated carbocycles. The Morgan fingerprint density at radius 2 is 2.04 bits per heavy atom. The van der Waals surface area contributed by atoms with Gasteiger partial charge in [-0.2, -0.15) is 18.3 Å². The van der Waals surface area contributed by atoms with E-state index >= 15 is 0 Å². The zero-order valence-corrected chi connectivity index (χ0v) is 14.2. The van der Waals surface area contributed by atoms with Gasteiger partial charge >= 0.3 is 6.18 Å². The summed E-state index contributed by atoms with van der Waals surface area (Å²) < 4.78 is 48.6. The van der Waals surface area contributed by atoms with E-state index in [-0.39, 0.29) is 12.2 Å². The molecule has 8 heteroatoms. The molecule has 0 spiro atoms. The highest BCUT2D eigenvalue weighted by Crippen LogP contribution is 2.29. The number of hydrazone groups is 1. The Morgan fingerprint density at radius 3 is 2.70 bits per heavy atom. The van der Waals surface area contributed by atoms with E-state index in [4.69, 9.17) is 15.9 Å². The molecule has 0 heterocycles. The molecular formula is C19H15F3N2O3. The Bertz CT molecular complexity index is 886. The summed E-state index contributed by atoms with van der Waals surface area (Å²) in [4.78, 5) is 12.0. The fourth-order valence-electron chi connectivity index (χ4n) is 2.07. The Kier molecular flexibility index (Phi) is 6.44. The molecule has 1 N–H and O–H groups in total. The van der Waals surface area contributed by atoms with Crippen molar-refractivity contribution in [3.63, 3.8) is 0 Å². The summed E-state index contributed by atoms with van der Waals surface area (Å²) in [6, 6.07) is 8.93. The lowest BCUT2D eigenvalue weighted by Gasteiger charge is -2.09. The van der Waals surface area contributed by atoms with Crippen molar-refractivity contribution in [3.05, 3.63) is 59.2 Å². The molecule has 2 aromatic carbocycles. The van der Waals surface area contributed by atoms with Gasteiger partial charge in [-0.15, -0.1) is 6.42 Å². The molecule has 2 aromatic rings. The minimum Gasteiger partial charge on any atom is -0.493 e. The average molecular weight is 376 g/mol. The first-order chi connectivity index (χ1) is 12.8. The van der Waals surface area contributed by atoms with Crippen molar-refractivity contribution in [2.75, 3.05) is 13.7 Å². The van der Waals surface area contributed by atoms with Crippen LogP contribution in [0.2, 0.25) is 0 Å². The Balaban J connectivity index is 2.07. The van der Waals surface area contributed by atoms with Gasteiger partial charge in [-0.05, 0) is 42.0 Å². The van der Waals surface area contributed by atoms with E-state index in [0.29, 0.717) is 17.1 Å². The summed E-state index contributed by atoms with van der Waals surface area (Å²) in [6.45, 7) is 0.0802. The lowest BCUT2D eigenvalue weighted by atomic mass is 10.1. The fraction of sp³-hybridized carbons (Fsp3) is 0.158. The zero-order chi connectivity index (χ0) is 19.9. The molecule has 140 valence electrons. The minimum atomic E-state index is -4.53. The minimum absolute atomic E-state index is 0.0802. The largest absolute Gasteiger partial charge is 0.493 e. The van der Waals surface area contributed by atoms with Crippen LogP contribution < -0.4 is 14.9 Å². The quantitative estimate of drug-likeness (QED) is 0.477. The SMILES string of the molecule is C#CCOc1ccc(/C=N\NC(=O)c2cccc(C(F)(F)F)c2)cc1OC. The summed E-state index contributed by atoms with van der Waals surface area (Å²) in [5, 5.41) is 3.74. The van der Waals surface area contributed by atoms with Crippen molar-refractivity contribution >= 4 is 12.1 Å². The van der Waals surface area contributed by atoms with Gasteiger partial charge in [0.05, 0.1) is 18.9 Å². The molecule has 0 aromatic heterocycles. The second kappa shape index (κ2) is 8.76. The number of alkyl halides is 3. The van der Waals surface area contributed by atoms with Crippen LogP contribution in [0.15, 0.2) is 47.6 Å². The Labute approximate surface area is 153 Å². The van der Waals surface area contributed by atoms with Crippen LogP contribution in [0.5, 0.6) is 11.5 Å². The molecule has 1 amide bonds. The predicted octanol–water partition coefficient (Wildman–Crippen LogP) is 3.49. The Hall–Kier alpha value is -3.47. The number of carbonyl (C=O) groups is 1. The maximum absolute atomic E-state index is 12.7. The fourth-order valence-corrected chi connectivity index (χ4v) is 2.07. The lowest BCUT2D eigenvalue weighted by molar-refractivity contribution is -0.137. The maximum Gasteiger partial charge on any atom is 0.416 e. The molecule has 0 aliphatic rings. The number of halogens is 3. The smallest absolute Gasteiger partial charge is 0.416 e. The first kappa shape index (κ1) is 19.8. The number of rotatable bonds is 6. The second-order valence-electron chi connectivity index (χ2n) is 5.18. The van der Waals surface area contributed by atoms with E-state index in [1.54, 1.807) is 18.2 Å². The number of carbonyl (C=O) groups excluding carboxylic acids is 1. The Morgan fingerprint density at radius 1 is 1.26 bits per heavy atom. The van der Waals surface area contributed by atoms with Gasteiger partial charge in [0.1, 0.15) is 6.61 Å². The van der Waals surface area contributed by atoms with Gasteiger partial charge in [0, 0.05) is 5.56 Å². The average Bonchev–Trinajstić information content (AvgIpc) is 2.66. The highest BCUT2D eigenvalue weighted by molar-refractivity contribution is 5.95. The third-order valence-corrected chi connectivity index (χ3v) is 3.33. The number of methoxy groups -OCH3 is 1. The normalized spacial score (nSPS) is 11.1. The van der Waals surface area contributed by atoms with Gasteiger partial charge in [0.2, 0.25) is 0 Å². The van der Waals surface area contributed by atoms with Gasteiger partial charge in [-0.1, -0.05) is 12.0 Å². The monoisotopic (exact) mass is 376 g/mol. The standard InChI is InChI=1S/C19H15F3N2O3/c1-3-9-27-16-8-7-13(10-17(16)26-2)12-23-24-18(25)14-5-4-6-15(11-14)19(20,21)22/h1,4-8,10-12H,9H2,2H3,(H,24,25)/b23-12-. The molecule has 0 radical (unpaired) electrons. The van der Waals surface area contributed by atoms with Crippen LogP contribution in [0.4, 0.5) is 13.2 Å². The third-order valence-electron chi connectivity index (χ3n) is 3.33. The molecule has 2 rings (SSSR count). The number of amides is 1. The van der Waals surface area contributed by atoms with Crippen molar-refractivity contribution < 1.29 is 27.4 Å². The number of hydrogen-bond acceptors (Lipinski definition) is 4. The summed E-state index contributed by atoms with van der Waals surface area (Å²) in [5.74, 6) is 2.43. The van der Waals surface area contributed by atoms with Crippen LogP contribution in [0.1, 0.15) is 21.5 Å². The van der Waals surface area contributed by atoms with Gasteiger partial charge in [-0.25, -0.2) is 5.43 Å². The van der Waals surface area contributed by atoms with E-state index in [1.165, 1.54) is 19.4 Å². The number of hydrogen-bond donors (Lipinski definition) is 1. The first-order valence-corrected chi connectivity index (χ1v) is 7.60. The van der Waals surface area contributed by atoms with E-state index in [1.807, 2.05) is 0 Å². The topological polar surface area (TPSA) is 59.9 Å². The first-order valence-electron chi connectivity index (χ1n) is 7.60. The highest BCUT2D eigenvalue weighted by Gasteiger charge is 2.30. The van der Waals surface area contributed by atoms with Crippen LogP contribution in [-0.4, -0.2) is 25.8 Å². The van der Waals surface area contributed by atoms with Crippen molar-refractivity contribution in [2.24, 2.45) is 5.10 Å². The molecule has 0 aliphatic heterocycles. The van der Waals surface area contributed by atoms with Gasteiger partial charge in [-0.3, -0.25) is 4.79 Å². The molecule has 27 heavy (non-hydrogen) atoms. The summed E-state index contributed by atoms with van der Waals surface area (Å²) >= 11 is 0. The summed E-state index contributed by atoms with van der Waals surface area (Å²) in [6.07, 6.45) is 1.92. The summed E-state index contributed by atoms with van der Waals surface area (Å²) in [5.41, 5.74) is 1.68. The van der Waals surface area contributed by atoms with Crippen molar-refractivity contribution in [2.45, 2.75) is 6.18 Å². The molecule has 0 unspecified atom stereocenters. The van der Waals surface area contributed by atoms with E-state index in [9.17, 15) is 18.0 Å². The molecule has 0 saturated heterocycles. The van der Waals surface area contributed by atoms with Crippen LogP contribution in [0.3, 0.4) is 0 Å². The van der Waals surface area contributed by atoms with Crippen molar-refractivity contribution in [1.82, 2.24) is 5.43 Å². The number of terminal acetylenes is 1. The third kappa shape index (κ3) is 5.51. The van der Waals surface area contributed by atoms with E-state index < -0.39 is 17.6 Å². The van der Waals surface area contributed by atoms with Gasteiger partial charge < -0.3 is 9.47 Å². The van der Waals surface area contributed by atoms with Crippen LogP contribution >= 0.6 is 0 Å². The van der Waals surface area contributed by atoms with Crippen molar-refractivity contribution in [1.29, 1.82) is 0 Å². The molecule has 0 aliphatic carbocycles. The number of benzene rings is 2. The maximum atomic E-state index is 12.7. The van der Waals surface area contributed by atoms with E-state index in [0.717, 1.165) is 18.2 Å². The predicted molar refractivity (Wildman–Crippen MR) is 93.8 cm³/mol. The molecule has 0 fully saturated rings. The second-order valence-corrected chi connectivity index (χ2v) is 5.18. The van der Waals surface area contributed by atoms with Crippen molar-refractivity contribution in [3.8, 4) is 23.8 Å². The van der Waals surface area contributed by atoms with Gasteiger partial charge in [0.25, 0.3) is 5.91 Å². The zero-order valence-electron chi connectivity index (χ0n) is 14.2. The molecule has 5 nitrogen and oxygen atoms in total. The number of nitrogens with zero attached hydrogens (tertiary/aromatic N) is 1.